The fourth-order valence-corrected chi connectivity index (χ4v) is 1.98. The summed E-state index contributed by atoms with van der Waals surface area (Å²) in [5.41, 5.74) is 0.469. The monoisotopic (exact) mass is 218 g/mol. The van der Waals surface area contributed by atoms with Crippen LogP contribution in [0.5, 0.6) is 0 Å². The summed E-state index contributed by atoms with van der Waals surface area (Å²) in [6, 6.07) is 4.31. The van der Waals surface area contributed by atoms with Crippen molar-refractivity contribution in [1.82, 2.24) is 0 Å². The Bertz CT molecular complexity index is 437. The Balaban J connectivity index is 3.50. The normalized spacial score (nSPS) is 11.2. The maximum absolute atomic E-state index is 10.8. The molecule has 0 aliphatic rings. The first kappa shape index (κ1) is 10.2. The second-order valence-corrected chi connectivity index (χ2v) is 4.11. The molecule has 0 atom stereocenters. The molecule has 1 aromatic rings. The summed E-state index contributed by atoms with van der Waals surface area (Å²) in [5, 5.41) is -0.0139. The minimum atomic E-state index is -4.25. The molecule has 0 saturated heterocycles. The highest BCUT2D eigenvalue weighted by atomic mass is 35.5. The van der Waals surface area contributed by atoms with Crippen molar-refractivity contribution in [1.29, 1.82) is 0 Å². The molecule has 1 aromatic carbocycles. The molecule has 1 N–H and O–H groups in total. The van der Waals surface area contributed by atoms with Crippen LogP contribution in [0.2, 0.25) is 5.02 Å². The Morgan fingerprint density at radius 2 is 2.08 bits per heavy atom. The van der Waals surface area contributed by atoms with E-state index in [9.17, 15) is 8.42 Å². The van der Waals surface area contributed by atoms with Gasteiger partial charge in [-0.2, -0.15) is 8.42 Å². The summed E-state index contributed by atoms with van der Waals surface area (Å²) in [6.07, 6.45) is 1.41. The van der Waals surface area contributed by atoms with Crippen LogP contribution in [0.1, 0.15) is 5.56 Å². The van der Waals surface area contributed by atoms with E-state index in [1.54, 1.807) is 6.07 Å². The van der Waals surface area contributed by atoms with Crippen molar-refractivity contribution >= 4 is 27.8 Å². The van der Waals surface area contributed by atoms with Gasteiger partial charge in [0.1, 0.15) is 4.90 Å². The van der Waals surface area contributed by atoms with Crippen LogP contribution in [0.3, 0.4) is 0 Å². The second-order valence-electron chi connectivity index (χ2n) is 2.34. The molecular formula is C8H7ClO3S. The van der Waals surface area contributed by atoms with E-state index in [0.29, 0.717) is 5.56 Å². The second kappa shape index (κ2) is 3.49. The van der Waals surface area contributed by atoms with Crippen LogP contribution < -0.4 is 0 Å². The van der Waals surface area contributed by atoms with Crippen LogP contribution in [-0.4, -0.2) is 13.0 Å². The fourth-order valence-electron chi connectivity index (χ4n) is 0.885. The van der Waals surface area contributed by atoms with Gasteiger partial charge in [0.25, 0.3) is 10.1 Å². The van der Waals surface area contributed by atoms with E-state index in [0.717, 1.165) is 0 Å². The summed E-state index contributed by atoms with van der Waals surface area (Å²) >= 11 is 5.68. The van der Waals surface area contributed by atoms with Crippen LogP contribution in [0.4, 0.5) is 0 Å². The molecule has 0 fully saturated rings. The number of rotatable bonds is 2. The van der Waals surface area contributed by atoms with Gasteiger partial charge in [-0.25, -0.2) is 0 Å². The van der Waals surface area contributed by atoms with Crippen LogP contribution in [0.25, 0.3) is 6.08 Å². The Morgan fingerprint density at radius 1 is 1.46 bits per heavy atom. The van der Waals surface area contributed by atoms with E-state index in [2.05, 4.69) is 6.58 Å². The zero-order valence-corrected chi connectivity index (χ0v) is 8.14. The van der Waals surface area contributed by atoms with Crippen molar-refractivity contribution in [3.05, 3.63) is 35.4 Å². The van der Waals surface area contributed by atoms with Gasteiger partial charge in [0.05, 0.1) is 5.02 Å². The van der Waals surface area contributed by atoms with Gasteiger partial charge in [0.2, 0.25) is 0 Å². The van der Waals surface area contributed by atoms with E-state index in [1.165, 1.54) is 18.2 Å². The molecule has 0 saturated carbocycles. The lowest BCUT2D eigenvalue weighted by molar-refractivity contribution is 0.483. The lowest BCUT2D eigenvalue weighted by atomic mass is 10.2. The summed E-state index contributed by atoms with van der Waals surface area (Å²) in [5.74, 6) is 0. The molecule has 0 radical (unpaired) electrons. The van der Waals surface area contributed by atoms with Gasteiger partial charge >= 0.3 is 0 Å². The molecule has 0 aliphatic carbocycles. The van der Waals surface area contributed by atoms with E-state index in [4.69, 9.17) is 16.2 Å². The van der Waals surface area contributed by atoms with E-state index >= 15 is 0 Å². The maximum Gasteiger partial charge on any atom is 0.296 e. The predicted molar refractivity (Wildman–Crippen MR) is 51.4 cm³/mol. The summed E-state index contributed by atoms with van der Waals surface area (Å²) in [4.78, 5) is -0.299. The average molecular weight is 219 g/mol. The van der Waals surface area contributed by atoms with Crippen LogP contribution >= 0.6 is 11.6 Å². The van der Waals surface area contributed by atoms with Crippen molar-refractivity contribution in [2.75, 3.05) is 0 Å². The minimum absolute atomic E-state index is 0.0139. The van der Waals surface area contributed by atoms with Crippen molar-refractivity contribution in [2.45, 2.75) is 4.90 Å². The first-order chi connectivity index (χ1) is 5.96. The average Bonchev–Trinajstić information content (AvgIpc) is 2.02. The highest BCUT2D eigenvalue weighted by Crippen LogP contribution is 2.25. The highest BCUT2D eigenvalue weighted by molar-refractivity contribution is 7.86. The van der Waals surface area contributed by atoms with Gasteiger partial charge < -0.3 is 0 Å². The summed E-state index contributed by atoms with van der Waals surface area (Å²) in [7, 11) is -4.25. The van der Waals surface area contributed by atoms with Crippen molar-refractivity contribution in [2.24, 2.45) is 0 Å². The topological polar surface area (TPSA) is 54.4 Å². The summed E-state index contributed by atoms with van der Waals surface area (Å²) < 4.78 is 30.3. The number of halogens is 1. The molecule has 0 aliphatic heterocycles. The first-order valence-electron chi connectivity index (χ1n) is 3.35. The molecule has 70 valence electrons. The minimum Gasteiger partial charge on any atom is -0.282 e. The van der Waals surface area contributed by atoms with Crippen LogP contribution in [-0.2, 0) is 10.1 Å². The van der Waals surface area contributed by atoms with Gasteiger partial charge in [0.15, 0.2) is 0 Å². The molecule has 0 bridgehead atoms. The number of benzene rings is 1. The molecule has 3 nitrogen and oxygen atoms in total. The highest BCUT2D eigenvalue weighted by Gasteiger charge is 2.15. The Labute approximate surface area is 81.4 Å². The predicted octanol–water partition coefficient (Wildman–Crippen LogP) is 2.23. The molecule has 0 spiro atoms. The zero-order chi connectivity index (χ0) is 10.1. The van der Waals surface area contributed by atoms with Gasteiger partial charge in [-0.3, -0.25) is 4.55 Å². The van der Waals surface area contributed by atoms with E-state index in [1.807, 2.05) is 0 Å². The van der Waals surface area contributed by atoms with Crippen molar-refractivity contribution in [3.63, 3.8) is 0 Å². The quantitative estimate of drug-likeness (QED) is 0.775. The van der Waals surface area contributed by atoms with Gasteiger partial charge in [-0.05, 0) is 11.6 Å². The van der Waals surface area contributed by atoms with Crippen molar-refractivity contribution in [3.8, 4) is 0 Å². The third kappa shape index (κ3) is 2.09. The lowest BCUT2D eigenvalue weighted by Gasteiger charge is -2.02. The van der Waals surface area contributed by atoms with Gasteiger partial charge in [-0.1, -0.05) is 36.4 Å². The molecule has 5 heteroatoms. The zero-order valence-electron chi connectivity index (χ0n) is 6.57. The first-order valence-corrected chi connectivity index (χ1v) is 5.17. The molecular weight excluding hydrogens is 212 g/mol. The van der Waals surface area contributed by atoms with Crippen LogP contribution in [0, 0.1) is 0 Å². The largest absolute Gasteiger partial charge is 0.296 e. The van der Waals surface area contributed by atoms with Crippen LogP contribution in [0.15, 0.2) is 29.7 Å². The lowest BCUT2D eigenvalue weighted by Crippen LogP contribution is -1.99. The molecule has 1 rings (SSSR count). The Kier molecular flexibility index (Phi) is 2.75. The van der Waals surface area contributed by atoms with Gasteiger partial charge in [-0.15, -0.1) is 0 Å². The molecule has 0 amide bonds. The van der Waals surface area contributed by atoms with Crippen molar-refractivity contribution < 1.29 is 13.0 Å². The van der Waals surface area contributed by atoms with E-state index < -0.39 is 10.1 Å². The van der Waals surface area contributed by atoms with Gasteiger partial charge in [0, 0.05) is 0 Å². The number of hydrogen-bond acceptors (Lipinski definition) is 2. The SMILES string of the molecule is C=Cc1cccc(S(=O)(=O)O)c1Cl. The Morgan fingerprint density at radius 3 is 2.54 bits per heavy atom. The molecule has 0 unspecified atom stereocenters. The third-order valence-electron chi connectivity index (χ3n) is 1.49. The number of hydrogen-bond donors (Lipinski definition) is 1. The Hall–Kier alpha value is -0.840. The summed E-state index contributed by atoms with van der Waals surface area (Å²) in [6.45, 7) is 3.45. The molecule has 0 heterocycles. The third-order valence-corrected chi connectivity index (χ3v) is 2.92. The molecule has 13 heavy (non-hydrogen) atoms. The smallest absolute Gasteiger partial charge is 0.282 e. The fraction of sp³-hybridized carbons (Fsp3) is 0. The van der Waals surface area contributed by atoms with E-state index in [-0.39, 0.29) is 9.92 Å². The maximum atomic E-state index is 10.8. The standard InChI is InChI=1S/C8H7ClO3S/c1-2-6-4-3-5-7(8(6)9)13(10,11)12/h2-5H,1H2,(H,10,11,12). The molecule has 0 aromatic heterocycles.